The van der Waals surface area contributed by atoms with Crippen molar-refractivity contribution in [3.8, 4) is 0 Å². The van der Waals surface area contributed by atoms with Gasteiger partial charge in [-0.05, 0) is 44.8 Å². The molecule has 6 nitrogen and oxygen atoms in total. The average molecular weight is 329 g/mol. The van der Waals surface area contributed by atoms with Crippen molar-refractivity contribution in [3.05, 3.63) is 23.5 Å². The SMILES string of the molecule is CNCCC1CCN(C(=O)c2cc(C(N)=O)cn2C)CC1.Cl. The molecule has 2 heterocycles. The minimum atomic E-state index is -0.504. The first-order valence-electron chi connectivity index (χ1n) is 7.43. The standard InChI is InChI=1S/C15H24N4O2.ClH/c1-17-6-3-11-4-7-19(8-5-11)15(21)13-9-12(14(16)20)10-18(13)2;/h9-11,17H,3-8H2,1-2H3,(H2,16,20);1H. The van der Waals surface area contributed by atoms with E-state index in [4.69, 9.17) is 5.73 Å². The van der Waals surface area contributed by atoms with Crippen molar-refractivity contribution in [1.29, 1.82) is 0 Å². The Bertz CT molecular complexity index is 522. The van der Waals surface area contributed by atoms with Crippen LogP contribution in [0, 0.1) is 5.92 Å². The Hall–Kier alpha value is -1.53. The Balaban J connectivity index is 0.00000242. The van der Waals surface area contributed by atoms with E-state index in [1.807, 2.05) is 11.9 Å². The zero-order valence-corrected chi connectivity index (χ0v) is 14.0. The predicted octanol–water partition coefficient (Wildman–Crippen LogP) is 1.01. The van der Waals surface area contributed by atoms with Gasteiger partial charge in [0.1, 0.15) is 5.69 Å². The molecule has 2 rings (SSSR count). The fourth-order valence-electron chi connectivity index (χ4n) is 2.85. The Labute approximate surface area is 137 Å². The fourth-order valence-corrected chi connectivity index (χ4v) is 2.85. The van der Waals surface area contributed by atoms with Crippen molar-refractivity contribution in [3.63, 3.8) is 0 Å². The molecule has 1 aromatic rings. The number of nitrogens with zero attached hydrogens (tertiary/aromatic N) is 2. The summed E-state index contributed by atoms with van der Waals surface area (Å²) in [7, 11) is 3.73. The van der Waals surface area contributed by atoms with E-state index in [1.165, 1.54) is 0 Å². The maximum atomic E-state index is 12.5. The summed E-state index contributed by atoms with van der Waals surface area (Å²) in [5.41, 5.74) is 6.16. The number of nitrogens with two attached hydrogens (primary N) is 1. The molecule has 0 aromatic carbocycles. The van der Waals surface area contributed by atoms with E-state index < -0.39 is 5.91 Å². The molecule has 0 saturated carbocycles. The van der Waals surface area contributed by atoms with Crippen LogP contribution in [-0.2, 0) is 7.05 Å². The van der Waals surface area contributed by atoms with Crippen molar-refractivity contribution in [2.24, 2.45) is 18.7 Å². The van der Waals surface area contributed by atoms with Crippen LogP contribution in [0.25, 0.3) is 0 Å². The number of carbonyl (C=O) groups is 2. The molecule has 22 heavy (non-hydrogen) atoms. The molecule has 2 amide bonds. The first-order chi connectivity index (χ1) is 10.0. The summed E-state index contributed by atoms with van der Waals surface area (Å²) in [5, 5.41) is 3.17. The minimum Gasteiger partial charge on any atom is -0.366 e. The Morgan fingerprint density at radius 3 is 2.50 bits per heavy atom. The topological polar surface area (TPSA) is 80.4 Å². The fraction of sp³-hybridized carbons (Fsp3) is 0.600. The quantitative estimate of drug-likeness (QED) is 0.846. The number of halogens is 1. The second-order valence-corrected chi connectivity index (χ2v) is 5.72. The van der Waals surface area contributed by atoms with Crippen LogP contribution in [0.1, 0.15) is 40.1 Å². The van der Waals surface area contributed by atoms with Crippen LogP contribution in [-0.4, -0.2) is 48.0 Å². The van der Waals surface area contributed by atoms with Gasteiger partial charge in [-0.15, -0.1) is 12.4 Å². The Morgan fingerprint density at radius 2 is 2.00 bits per heavy atom. The zero-order valence-electron chi connectivity index (χ0n) is 13.2. The number of hydrogen-bond donors (Lipinski definition) is 2. The van der Waals surface area contributed by atoms with Gasteiger partial charge >= 0.3 is 0 Å². The average Bonchev–Trinajstić information content (AvgIpc) is 2.87. The van der Waals surface area contributed by atoms with E-state index in [9.17, 15) is 9.59 Å². The lowest BCUT2D eigenvalue weighted by atomic mass is 9.93. The Morgan fingerprint density at radius 1 is 1.36 bits per heavy atom. The Kier molecular flexibility index (Phi) is 6.90. The smallest absolute Gasteiger partial charge is 0.270 e. The van der Waals surface area contributed by atoms with Crippen LogP contribution >= 0.6 is 12.4 Å². The van der Waals surface area contributed by atoms with Gasteiger partial charge in [0.2, 0.25) is 5.91 Å². The molecular weight excluding hydrogens is 304 g/mol. The summed E-state index contributed by atoms with van der Waals surface area (Å²) in [6.45, 7) is 2.59. The van der Waals surface area contributed by atoms with E-state index in [-0.39, 0.29) is 18.3 Å². The zero-order chi connectivity index (χ0) is 15.4. The van der Waals surface area contributed by atoms with Gasteiger partial charge in [0.25, 0.3) is 5.91 Å². The van der Waals surface area contributed by atoms with Gasteiger partial charge in [0, 0.05) is 26.3 Å². The molecule has 0 spiro atoms. The first-order valence-corrected chi connectivity index (χ1v) is 7.43. The van der Waals surface area contributed by atoms with Crippen molar-refractivity contribution in [1.82, 2.24) is 14.8 Å². The third-order valence-corrected chi connectivity index (χ3v) is 4.21. The number of hydrogen-bond acceptors (Lipinski definition) is 3. The molecule has 0 radical (unpaired) electrons. The molecule has 7 heteroatoms. The summed E-state index contributed by atoms with van der Waals surface area (Å²) in [5.74, 6) is 0.170. The summed E-state index contributed by atoms with van der Waals surface area (Å²) in [6.07, 6.45) is 4.85. The lowest BCUT2D eigenvalue weighted by Crippen LogP contribution is -2.39. The van der Waals surface area contributed by atoms with E-state index in [2.05, 4.69) is 5.32 Å². The van der Waals surface area contributed by atoms with Crippen molar-refractivity contribution >= 4 is 24.2 Å². The largest absolute Gasteiger partial charge is 0.366 e. The van der Waals surface area contributed by atoms with Crippen LogP contribution in [0.4, 0.5) is 0 Å². The third-order valence-electron chi connectivity index (χ3n) is 4.21. The molecule has 1 aromatic heterocycles. The summed E-state index contributed by atoms with van der Waals surface area (Å²) in [4.78, 5) is 25.6. The lowest BCUT2D eigenvalue weighted by molar-refractivity contribution is 0.0677. The van der Waals surface area contributed by atoms with Crippen molar-refractivity contribution < 1.29 is 9.59 Å². The minimum absolute atomic E-state index is 0. The number of primary amides is 1. The molecule has 1 aliphatic rings. The summed E-state index contributed by atoms with van der Waals surface area (Å²) >= 11 is 0. The number of piperidine rings is 1. The monoisotopic (exact) mass is 328 g/mol. The highest BCUT2D eigenvalue weighted by atomic mass is 35.5. The molecule has 1 aliphatic heterocycles. The van der Waals surface area contributed by atoms with Crippen LogP contribution in [0.5, 0.6) is 0 Å². The highest BCUT2D eigenvalue weighted by molar-refractivity contribution is 5.98. The van der Waals surface area contributed by atoms with Gasteiger partial charge in [0.15, 0.2) is 0 Å². The van der Waals surface area contributed by atoms with E-state index in [0.717, 1.165) is 38.9 Å². The molecule has 0 atom stereocenters. The molecule has 1 saturated heterocycles. The van der Waals surface area contributed by atoms with E-state index >= 15 is 0 Å². The second-order valence-electron chi connectivity index (χ2n) is 5.72. The summed E-state index contributed by atoms with van der Waals surface area (Å²) < 4.78 is 1.68. The predicted molar refractivity (Wildman–Crippen MR) is 88.4 cm³/mol. The summed E-state index contributed by atoms with van der Waals surface area (Å²) in [6, 6.07) is 1.58. The number of amides is 2. The van der Waals surface area contributed by atoms with Crippen molar-refractivity contribution in [2.75, 3.05) is 26.7 Å². The third kappa shape index (κ3) is 4.24. The van der Waals surface area contributed by atoms with Crippen LogP contribution in [0.15, 0.2) is 12.3 Å². The molecule has 0 aliphatic carbocycles. The van der Waals surface area contributed by atoms with Crippen LogP contribution in [0.2, 0.25) is 0 Å². The van der Waals surface area contributed by atoms with E-state index in [1.54, 1.807) is 23.9 Å². The van der Waals surface area contributed by atoms with E-state index in [0.29, 0.717) is 17.2 Å². The second kappa shape index (κ2) is 8.19. The highest BCUT2D eigenvalue weighted by Gasteiger charge is 2.25. The lowest BCUT2D eigenvalue weighted by Gasteiger charge is -2.32. The van der Waals surface area contributed by atoms with Gasteiger partial charge in [-0.2, -0.15) is 0 Å². The van der Waals surface area contributed by atoms with Crippen LogP contribution in [0.3, 0.4) is 0 Å². The molecule has 1 fully saturated rings. The van der Waals surface area contributed by atoms with Gasteiger partial charge in [0.05, 0.1) is 5.56 Å². The van der Waals surface area contributed by atoms with Crippen molar-refractivity contribution in [2.45, 2.75) is 19.3 Å². The maximum absolute atomic E-state index is 12.5. The molecule has 0 bridgehead atoms. The van der Waals surface area contributed by atoms with Gasteiger partial charge < -0.3 is 20.5 Å². The number of aryl methyl sites for hydroxylation is 1. The number of likely N-dealkylation sites (tertiary alicyclic amines) is 1. The molecule has 0 unspecified atom stereocenters. The number of nitrogens with one attached hydrogen (secondary N) is 1. The number of aromatic nitrogens is 1. The molecular formula is C15H25ClN4O2. The van der Waals surface area contributed by atoms with Gasteiger partial charge in [-0.25, -0.2) is 0 Å². The first kappa shape index (κ1) is 18.5. The van der Waals surface area contributed by atoms with Crippen LogP contribution < -0.4 is 11.1 Å². The molecule has 124 valence electrons. The highest BCUT2D eigenvalue weighted by Crippen LogP contribution is 2.22. The number of rotatable bonds is 5. The normalized spacial score (nSPS) is 15.5. The number of carbonyl (C=O) groups excluding carboxylic acids is 2. The van der Waals surface area contributed by atoms with Gasteiger partial charge in [-0.3, -0.25) is 9.59 Å². The molecule has 3 N–H and O–H groups in total. The maximum Gasteiger partial charge on any atom is 0.270 e. The van der Waals surface area contributed by atoms with Gasteiger partial charge in [-0.1, -0.05) is 0 Å².